The molecule has 0 aromatic carbocycles. The van der Waals surface area contributed by atoms with Gasteiger partial charge in [0.05, 0.1) is 5.92 Å². The Balaban J connectivity index is 4.32. The van der Waals surface area contributed by atoms with E-state index in [1.165, 1.54) is 23.8 Å². The highest BCUT2D eigenvalue weighted by molar-refractivity contribution is 5.84. The molecule has 0 aromatic heterocycles. The Labute approximate surface area is 107 Å². The average Bonchev–Trinajstić information content (AvgIpc) is 2.26. The molecule has 0 saturated carbocycles. The summed E-state index contributed by atoms with van der Waals surface area (Å²) in [6.07, 6.45) is 0. The van der Waals surface area contributed by atoms with Crippen molar-refractivity contribution < 1.29 is 19.5 Å². The van der Waals surface area contributed by atoms with Crippen LogP contribution in [0.5, 0.6) is 0 Å². The Morgan fingerprint density at radius 3 is 2.06 bits per heavy atom. The largest absolute Gasteiger partial charge is 0.481 e. The lowest BCUT2D eigenvalue weighted by Gasteiger charge is -2.23. The molecule has 0 aliphatic rings. The van der Waals surface area contributed by atoms with Gasteiger partial charge in [-0.05, 0) is 13.8 Å². The van der Waals surface area contributed by atoms with Gasteiger partial charge in [0.2, 0.25) is 5.91 Å². The van der Waals surface area contributed by atoms with E-state index < -0.39 is 24.0 Å². The van der Waals surface area contributed by atoms with E-state index in [9.17, 15) is 14.4 Å². The average molecular weight is 259 g/mol. The molecule has 0 bridgehead atoms. The summed E-state index contributed by atoms with van der Waals surface area (Å²) in [6.45, 7) is 3.07. The summed E-state index contributed by atoms with van der Waals surface area (Å²) in [5.74, 6) is -1.87. The molecule has 0 aromatic rings. The fraction of sp³-hybridized carbons (Fsp3) is 0.727. The van der Waals surface area contributed by atoms with Crippen molar-refractivity contribution in [1.82, 2.24) is 15.1 Å². The van der Waals surface area contributed by atoms with Crippen LogP contribution in [0.3, 0.4) is 0 Å². The van der Waals surface area contributed by atoms with Crippen LogP contribution in [0.2, 0.25) is 0 Å². The van der Waals surface area contributed by atoms with E-state index in [2.05, 4.69) is 5.32 Å². The first-order valence-electron chi connectivity index (χ1n) is 5.61. The smallest absolute Gasteiger partial charge is 0.317 e. The van der Waals surface area contributed by atoms with Crippen LogP contribution in [-0.2, 0) is 9.59 Å². The minimum atomic E-state index is -0.977. The topological polar surface area (TPSA) is 90.0 Å². The zero-order valence-corrected chi connectivity index (χ0v) is 11.4. The van der Waals surface area contributed by atoms with E-state index in [1.54, 1.807) is 21.0 Å². The summed E-state index contributed by atoms with van der Waals surface area (Å²) in [7, 11) is 4.68. The minimum Gasteiger partial charge on any atom is -0.481 e. The molecule has 0 spiro atoms. The Kier molecular flexibility index (Phi) is 6.15. The highest BCUT2D eigenvalue weighted by Gasteiger charge is 2.23. The molecule has 0 rings (SSSR count). The first-order chi connectivity index (χ1) is 8.16. The summed E-state index contributed by atoms with van der Waals surface area (Å²) in [6, 6.07) is -0.974. The molecule has 2 atom stereocenters. The van der Waals surface area contributed by atoms with E-state index in [1.807, 2.05) is 0 Å². The van der Waals surface area contributed by atoms with Gasteiger partial charge in [0.1, 0.15) is 6.54 Å². The molecular weight excluding hydrogens is 238 g/mol. The number of nitrogens with one attached hydrogen (secondary N) is 1. The van der Waals surface area contributed by atoms with Crippen LogP contribution in [0, 0.1) is 5.92 Å². The van der Waals surface area contributed by atoms with Crippen molar-refractivity contribution in [1.29, 1.82) is 0 Å². The van der Waals surface area contributed by atoms with Gasteiger partial charge in [0.25, 0.3) is 0 Å². The summed E-state index contributed by atoms with van der Waals surface area (Å²) >= 11 is 0. The molecule has 104 valence electrons. The van der Waals surface area contributed by atoms with E-state index in [4.69, 9.17) is 5.11 Å². The third kappa shape index (κ3) is 5.03. The Morgan fingerprint density at radius 1 is 1.17 bits per heavy atom. The van der Waals surface area contributed by atoms with Crippen molar-refractivity contribution in [2.75, 3.05) is 27.7 Å². The van der Waals surface area contributed by atoms with E-state index in [-0.39, 0.29) is 12.5 Å². The second-order valence-corrected chi connectivity index (χ2v) is 4.51. The number of aliphatic carboxylic acids is 1. The van der Waals surface area contributed by atoms with Gasteiger partial charge in [-0.3, -0.25) is 9.59 Å². The van der Waals surface area contributed by atoms with E-state index >= 15 is 0 Å². The van der Waals surface area contributed by atoms with Crippen LogP contribution in [0.1, 0.15) is 13.8 Å². The monoisotopic (exact) mass is 259 g/mol. The highest BCUT2D eigenvalue weighted by Crippen LogP contribution is 2.03. The normalized spacial score (nSPS) is 13.4. The van der Waals surface area contributed by atoms with Gasteiger partial charge in [0, 0.05) is 27.2 Å². The number of nitrogens with zero attached hydrogens (tertiary/aromatic N) is 2. The van der Waals surface area contributed by atoms with Gasteiger partial charge in [0.15, 0.2) is 0 Å². The maximum absolute atomic E-state index is 11.7. The first-order valence-corrected chi connectivity index (χ1v) is 5.61. The summed E-state index contributed by atoms with van der Waals surface area (Å²) in [4.78, 5) is 36.4. The number of hydrogen-bond acceptors (Lipinski definition) is 3. The lowest BCUT2D eigenvalue weighted by Crippen LogP contribution is -2.48. The number of hydrogen-bond donors (Lipinski definition) is 2. The van der Waals surface area contributed by atoms with Gasteiger partial charge in [-0.15, -0.1) is 0 Å². The van der Waals surface area contributed by atoms with Gasteiger partial charge < -0.3 is 20.2 Å². The summed E-state index contributed by atoms with van der Waals surface area (Å²) in [5.41, 5.74) is 0. The Morgan fingerprint density at radius 2 is 1.67 bits per heavy atom. The molecule has 18 heavy (non-hydrogen) atoms. The van der Waals surface area contributed by atoms with Crippen LogP contribution < -0.4 is 5.32 Å². The number of likely N-dealkylation sites (N-methyl/N-ethyl adjacent to an activating group) is 2. The van der Waals surface area contributed by atoms with Crippen LogP contribution >= 0.6 is 0 Å². The quantitative estimate of drug-likeness (QED) is 0.717. The van der Waals surface area contributed by atoms with Crippen LogP contribution in [0.4, 0.5) is 4.79 Å². The van der Waals surface area contributed by atoms with Crippen LogP contribution in [0.15, 0.2) is 0 Å². The van der Waals surface area contributed by atoms with Gasteiger partial charge in [-0.25, -0.2) is 4.79 Å². The highest BCUT2D eigenvalue weighted by atomic mass is 16.4. The van der Waals surface area contributed by atoms with E-state index in [0.29, 0.717) is 0 Å². The lowest BCUT2D eigenvalue weighted by molar-refractivity contribution is -0.141. The predicted molar refractivity (Wildman–Crippen MR) is 66.1 cm³/mol. The van der Waals surface area contributed by atoms with Crippen LogP contribution in [0.25, 0.3) is 0 Å². The molecule has 7 nitrogen and oxygen atoms in total. The van der Waals surface area contributed by atoms with Crippen molar-refractivity contribution in [3.8, 4) is 0 Å². The number of carboxylic acids is 1. The molecule has 0 aliphatic heterocycles. The van der Waals surface area contributed by atoms with Crippen molar-refractivity contribution in [2.24, 2.45) is 5.92 Å². The molecule has 0 fully saturated rings. The number of rotatable bonds is 5. The number of carbonyl (C=O) groups excluding carboxylic acids is 2. The fourth-order valence-corrected chi connectivity index (χ4v) is 1.06. The number of amides is 3. The number of carbonyl (C=O) groups is 3. The van der Waals surface area contributed by atoms with Crippen molar-refractivity contribution in [2.45, 2.75) is 19.9 Å². The minimum absolute atomic E-state index is 0.0486. The van der Waals surface area contributed by atoms with Gasteiger partial charge in [-0.2, -0.15) is 0 Å². The molecular formula is C11H21N3O4. The third-order valence-electron chi connectivity index (χ3n) is 2.71. The standard InChI is InChI=1S/C11H21N3O4/c1-7(10(16)17)8(2)12-11(18)14(5)6-9(15)13(3)4/h7-8H,6H2,1-5H3,(H,12,18)(H,16,17). The number of carboxylic acid groups (broad SMARTS) is 1. The SMILES string of the molecule is CC(NC(=O)N(C)CC(=O)N(C)C)C(C)C(=O)O. The Bertz CT molecular complexity index is 330. The summed E-state index contributed by atoms with van der Waals surface area (Å²) < 4.78 is 0. The second kappa shape index (κ2) is 6.83. The third-order valence-corrected chi connectivity index (χ3v) is 2.71. The summed E-state index contributed by atoms with van der Waals surface area (Å²) in [5, 5.41) is 11.3. The van der Waals surface area contributed by atoms with Crippen LogP contribution in [-0.4, -0.2) is 66.5 Å². The molecule has 0 heterocycles. The molecule has 0 aliphatic carbocycles. The van der Waals surface area contributed by atoms with Crippen molar-refractivity contribution >= 4 is 17.9 Å². The van der Waals surface area contributed by atoms with Crippen molar-refractivity contribution in [3.63, 3.8) is 0 Å². The fourth-order valence-electron chi connectivity index (χ4n) is 1.06. The molecule has 2 unspecified atom stereocenters. The molecule has 0 radical (unpaired) electrons. The molecule has 3 amide bonds. The predicted octanol–water partition coefficient (Wildman–Crippen LogP) is -0.175. The zero-order valence-electron chi connectivity index (χ0n) is 11.4. The molecule has 2 N–H and O–H groups in total. The maximum atomic E-state index is 11.7. The maximum Gasteiger partial charge on any atom is 0.317 e. The van der Waals surface area contributed by atoms with Crippen molar-refractivity contribution in [3.05, 3.63) is 0 Å². The number of urea groups is 1. The van der Waals surface area contributed by atoms with E-state index in [0.717, 1.165) is 0 Å². The molecule has 7 heteroatoms. The van der Waals surface area contributed by atoms with Gasteiger partial charge >= 0.3 is 12.0 Å². The first kappa shape index (κ1) is 16.2. The van der Waals surface area contributed by atoms with Gasteiger partial charge in [-0.1, -0.05) is 0 Å². The Hall–Kier alpha value is -1.79. The zero-order chi connectivity index (χ0) is 14.5. The lowest BCUT2D eigenvalue weighted by atomic mass is 10.0. The second-order valence-electron chi connectivity index (χ2n) is 4.51. The molecule has 0 saturated heterocycles.